The number of likely N-dealkylation sites (tertiary alicyclic amines) is 1. The third kappa shape index (κ3) is 3.55. The second kappa shape index (κ2) is 6.94. The van der Waals surface area contributed by atoms with Gasteiger partial charge in [0.05, 0.1) is 11.5 Å². The first kappa shape index (κ1) is 15.8. The zero-order chi connectivity index (χ0) is 16.1. The highest BCUT2D eigenvalue weighted by Gasteiger charge is 2.30. The molecule has 6 nitrogen and oxygen atoms in total. The average Bonchev–Trinajstić information content (AvgIpc) is 2.54. The molecule has 1 heterocycles. The van der Waals surface area contributed by atoms with Gasteiger partial charge in [-0.1, -0.05) is 12.1 Å². The molecule has 0 aromatic heterocycles. The van der Waals surface area contributed by atoms with Crippen LogP contribution < -0.4 is 10.5 Å². The molecule has 1 aromatic rings. The van der Waals surface area contributed by atoms with E-state index in [1.807, 2.05) is 6.07 Å². The van der Waals surface area contributed by atoms with Crippen molar-refractivity contribution in [3.05, 3.63) is 29.8 Å². The number of nitrogens with zero attached hydrogens (tertiary/aromatic N) is 2. The van der Waals surface area contributed by atoms with Gasteiger partial charge in [-0.15, -0.1) is 0 Å². The van der Waals surface area contributed by atoms with Crippen LogP contribution in [0.5, 0.6) is 5.75 Å². The molecule has 0 aliphatic carbocycles. The van der Waals surface area contributed by atoms with E-state index in [2.05, 4.69) is 0 Å². The summed E-state index contributed by atoms with van der Waals surface area (Å²) in [5.74, 6) is -0.481. The molecule has 2 atom stereocenters. The van der Waals surface area contributed by atoms with Crippen molar-refractivity contribution < 1.29 is 14.3 Å². The lowest BCUT2D eigenvalue weighted by Gasteiger charge is -2.33. The summed E-state index contributed by atoms with van der Waals surface area (Å²) in [6.45, 7) is 2.57. The summed E-state index contributed by atoms with van der Waals surface area (Å²) in [6, 6.07) is 8.81. The van der Waals surface area contributed by atoms with E-state index >= 15 is 0 Å². The first-order valence-corrected chi connectivity index (χ1v) is 7.26. The normalized spacial score (nSPS) is 19.1. The lowest BCUT2D eigenvalue weighted by Crippen LogP contribution is -2.48. The quantitative estimate of drug-likeness (QED) is 0.899. The molecular formula is C16H19N3O3. The maximum absolute atomic E-state index is 12.4. The van der Waals surface area contributed by atoms with Crippen molar-refractivity contribution >= 4 is 11.8 Å². The number of amides is 2. The molecule has 0 saturated carbocycles. The van der Waals surface area contributed by atoms with Crippen LogP contribution in [0, 0.1) is 17.2 Å². The lowest BCUT2D eigenvalue weighted by atomic mass is 9.97. The van der Waals surface area contributed by atoms with Crippen LogP contribution in [0.3, 0.4) is 0 Å². The Hall–Kier alpha value is -2.55. The van der Waals surface area contributed by atoms with Crippen LogP contribution in [0.1, 0.15) is 25.3 Å². The molecular weight excluding hydrogens is 282 g/mol. The molecule has 2 unspecified atom stereocenters. The average molecular weight is 301 g/mol. The topological polar surface area (TPSA) is 96.4 Å². The van der Waals surface area contributed by atoms with Crippen molar-refractivity contribution in [3.63, 3.8) is 0 Å². The van der Waals surface area contributed by atoms with Crippen LogP contribution in [0.15, 0.2) is 24.3 Å². The van der Waals surface area contributed by atoms with Gasteiger partial charge in [-0.2, -0.15) is 5.26 Å². The Morgan fingerprint density at radius 1 is 1.45 bits per heavy atom. The minimum absolute atomic E-state index is 0.196. The van der Waals surface area contributed by atoms with E-state index < -0.39 is 6.10 Å². The van der Waals surface area contributed by atoms with E-state index in [1.54, 1.807) is 36.1 Å². The Morgan fingerprint density at radius 3 is 2.86 bits per heavy atom. The van der Waals surface area contributed by atoms with E-state index in [0.717, 1.165) is 6.42 Å². The molecule has 1 saturated heterocycles. The third-order valence-electron chi connectivity index (χ3n) is 3.79. The number of carbonyl (C=O) groups is 2. The van der Waals surface area contributed by atoms with Gasteiger partial charge in [0.2, 0.25) is 5.91 Å². The highest BCUT2D eigenvalue weighted by atomic mass is 16.5. The fourth-order valence-corrected chi connectivity index (χ4v) is 2.57. The molecule has 116 valence electrons. The minimum Gasteiger partial charge on any atom is -0.480 e. The van der Waals surface area contributed by atoms with Gasteiger partial charge in [-0.25, -0.2) is 0 Å². The van der Waals surface area contributed by atoms with Crippen molar-refractivity contribution in [2.75, 3.05) is 13.1 Å². The number of carbonyl (C=O) groups excluding carboxylic acids is 2. The van der Waals surface area contributed by atoms with Gasteiger partial charge in [-0.3, -0.25) is 9.59 Å². The smallest absolute Gasteiger partial charge is 0.263 e. The van der Waals surface area contributed by atoms with E-state index in [4.69, 9.17) is 15.7 Å². The van der Waals surface area contributed by atoms with Gasteiger partial charge in [-0.05, 0) is 31.9 Å². The molecule has 1 aliphatic rings. The standard InChI is InChI=1S/C16H19N3O3/c1-11(22-14-7-3-2-5-12(14)9-17)16(21)19-8-4-6-13(10-19)15(18)20/h2-3,5,7,11,13H,4,6,8,10H2,1H3,(H2,18,20). The number of benzene rings is 1. The number of ether oxygens (including phenoxy) is 1. The highest BCUT2D eigenvalue weighted by Crippen LogP contribution is 2.21. The number of piperidine rings is 1. The fraction of sp³-hybridized carbons (Fsp3) is 0.438. The SMILES string of the molecule is CC(Oc1ccccc1C#N)C(=O)N1CCCC(C(N)=O)C1. The number of rotatable bonds is 4. The number of primary amides is 1. The summed E-state index contributed by atoms with van der Waals surface area (Å²) >= 11 is 0. The van der Waals surface area contributed by atoms with Crippen LogP contribution in [-0.4, -0.2) is 35.9 Å². The Balaban J connectivity index is 2.03. The van der Waals surface area contributed by atoms with Crippen molar-refractivity contribution in [1.82, 2.24) is 4.90 Å². The lowest BCUT2D eigenvalue weighted by molar-refractivity contribution is -0.141. The van der Waals surface area contributed by atoms with Crippen molar-refractivity contribution in [2.45, 2.75) is 25.9 Å². The van der Waals surface area contributed by atoms with E-state index in [-0.39, 0.29) is 17.7 Å². The van der Waals surface area contributed by atoms with E-state index in [9.17, 15) is 9.59 Å². The number of nitriles is 1. The number of para-hydroxylation sites is 1. The molecule has 1 aromatic carbocycles. The largest absolute Gasteiger partial charge is 0.480 e. The molecule has 1 fully saturated rings. The molecule has 0 bridgehead atoms. The van der Waals surface area contributed by atoms with Crippen LogP contribution >= 0.6 is 0 Å². The first-order valence-electron chi connectivity index (χ1n) is 7.26. The molecule has 0 radical (unpaired) electrons. The number of hydrogen-bond donors (Lipinski definition) is 1. The third-order valence-corrected chi connectivity index (χ3v) is 3.79. The zero-order valence-corrected chi connectivity index (χ0v) is 12.5. The Morgan fingerprint density at radius 2 is 2.18 bits per heavy atom. The van der Waals surface area contributed by atoms with Gasteiger partial charge >= 0.3 is 0 Å². The van der Waals surface area contributed by atoms with E-state index in [0.29, 0.717) is 30.8 Å². The van der Waals surface area contributed by atoms with Crippen LogP contribution in [0.4, 0.5) is 0 Å². The molecule has 2 N–H and O–H groups in total. The summed E-state index contributed by atoms with van der Waals surface area (Å²) in [5.41, 5.74) is 5.71. The molecule has 6 heteroatoms. The summed E-state index contributed by atoms with van der Waals surface area (Å²) in [4.78, 5) is 25.3. The fourth-order valence-electron chi connectivity index (χ4n) is 2.57. The van der Waals surface area contributed by atoms with Crippen LogP contribution in [-0.2, 0) is 9.59 Å². The van der Waals surface area contributed by atoms with Crippen LogP contribution in [0.2, 0.25) is 0 Å². The number of nitrogens with two attached hydrogens (primary N) is 1. The summed E-state index contributed by atoms with van der Waals surface area (Å²) in [5, 5.41) is 9.04. The Bertz CT molecular complexity index is 609. The highest BCUT2D eigenvalue weighted by molar-refractivity contribution is 5.83. The van der Waals surface area contributed by atoms with Gasteiger partial charge in [0.15, 0.2) is 6.10 Å². The second-order valence-corrected chi connectivity index (χ2v) is 5.39. The molecule has 22 heavy (non-hydrogen) atoms. The predicted octanol–water partition coefficient (Wildman–Crippen LogP) is 1.05. The maximum atomic E-state index is 12.4. The van der Waals surface area contributed by atoms with Crippen molar-refractivity contribution in [3.8, 4) is 11.8 Å². The molecule has 1 aliphatic heterocycles. The van der Waals surface area contributed by atoms with E-state index in [1.165, 1.54) is 0 Å². The zero-order valence-electron chi connectivity index (χ0n) is 12.5. The van der Waals surface area contributed by atoms with Crippen molar-refractivity contribution in [2.24, 2.45) is 11.7 Å². The maximum Gasteiger partial charge on any atom is 0.263 e. The van der Waals surface area contributed by atoms with Gasteiger partial charge in [0, 0.05) is 13.1 Å². The van der Waals surface area contributed by atoms with Crippen molar-refractivity contribution in [1.29, 1.82) is 5.26 Å². The molecule has 2 amide bonds. The van der Waals surface area contributed by atoms with Gasteiger partial charge in [0.25, 0.3) is 5.91 Å². The predicted molar refractivity (Wildman–Crippen MR) is 79.7 cm³/mol. The number of hydrogen-bond acceptors (Lipinski definition) is 4. The first-order chi connectivity index (χ1) is 10.5. The monoisotopic (exact) mass is 301 g/mol. The molecule has 0 spiro atoms. The Kier molecular flexibility index (Phi) is 4.99. The van der Waals surface area contributed by atoms with Gasteiger partial charge < -0.3 is 15.4 Å². The second-order valence-electron chi connectivity index (χ2n) is 5.39. The summed E-state index contributed by atoms with van der Waals surface area (Å²) < 4.78 is 5.62. The molecule has 2 rings (SSSR count). The van der Waals surface area contributed by atoms with Gasteiger partial charge in [0.1, 0.15) is 11.8 Å². The summed E-state index contributed by atoms with van der Waals surface area (Å²) in [6.07, 6.45) is 0.744. The van der Waals surface area contributed by atoms with Crippen LogP contribution in [0.25, 0.3) is 0 Å². The Labute approximate surface area is 129 Å². The minimum atomic E-state index is -0.721. The summed E-state index contributed by atoms with van der Waals surface area (Å²) in [7, 11) is 0.